The van der Waals surface area contributed by atoms with Gasteiger partial charge >= 0.3 is 0 Å². The number of nitrogens with zero attached hydrogens (tertiary/aromatic N) is 1. The summed E-state index contributed by atoms with van der Waals surface area (Å²) in [6.07, 6.45) is 2.39. The van der Waals surface area contributed by atoms with Gasteiger partial charge in [0.05, 0.1) is 4.99 Å². The van der Waals surface area contributed by atoms with E-state index in [-0.39, 0.29) is 0 Å². The molecule has 0 radical (unpaired) electrons. The average molecular weight is 143 g/mol. The lowest BCUT2D eigenvalue weighted by atomic mass is 10.3. The van der Waals surface area contributed by atoms with Crippen molar-refractivity contribution in [2.45, 2.75) is 32.7 Å². The molecule has 1 aliphatic heterocycles. The largest absolute Gasteiger partial charge is 0.364 e. The van der Waals surface area contributed by atoms with Gasteiger partial charge in [-0.2, -0.15) is 0 Å². The summed E-state index contributed by atoms with van der Waals surface area (Å²) >= 11 is 5.14. The van der Waals surface area contributed by atoms with Gasteiger partial charge in [0, 0.05) is 12.6 Å². The van der Waals surface area contributed by atoms with E-state index in [1.54, 1.807) is 0 Å². The molecule has 0 aromatic rings. The Morgan fingerprint density at radius 3 is 2.44 bits per heavy atom. The van der Waals surface area contributed by atoms with Gasteiger partial charge in [0.1, 0.15) is 0 Å². The first-order valence-corrected chi connectivity index (χ1v) is 3.92. The number of likely N-dealkylation sites (tertiary alicyclic amines) is 1. The minimum absolute atomic E-state index is 0.611. The molecular weight excluding hydrogens is 130 g/mol. The molecule has 1 nitrogen and oxygen atoms in total. The van der Waals surface area contributed by atoms with E-state index in [0.29, 0.717) is 6.04 Å². The predicted molar refractivity (Wildman–Crippen MR) is 43.7 cm³/mol. The van der Waals surface area contributed by atoms with E-state index in [4.69, 9.17) is 12.2 Å². The Bertz CT molecular complexity index is 120. The third-order valence-corrected chi connectivity index (χ3v) is 2.17. The van der Waals surface area contributed by atoms with Gasteiger partial charge in [0.15, 0.2) is 0 Å². The zero-order chi connectivity index (χ0) is 6.85. The van der Waals surface area contributed by atoms with Crippen LogP contribution in [-0.4, -0.2) is 22.5 Å². The Hall–Kier alpha value is -0.110. The maximum Gasteiger partial charge on any atom is 0.0782 e. The molecule has 1 aliphatic rings. The number of thiocarbonyl (C=S) groups is 1. The average Bonchev–Trinajstić information content (AvgIpc) is 2.13. The first-order chi connectivity index (χ1) is 4.22. The van der Waals surface area contributed by atoms with Crippen molar-refractivity contribution in [3.8, 4) is 0 Å². The number of rotatable bonds is 1. The SMILES string of the molecule is CC(C)N1CCCC1=S. The lowest BCUT2D eigenvalue weighted by Gasteiger charge is -2.21. The highest BCUT2D eigenvalue weighted by Gasteiger charge is 2.18. The summed E-state index contributed by atoms with van der Waals surface area (Å²) in [7, 11) is 0. The van der Waals surface area contributed by atoms with E-state index in [1.165, 1.54) is 13.0 Å². The van der Waals surface area contributed by atoms with E-state index < -0.39 is 0 Å². The Labute approximate surface area is 62.0 Å². The topological polar surface area (TPSA) is 3.24 Å². The number of hydrogen-bond acceptors (Lipinski definition) is 1. The summed E-state index contributed by atoms with van der Waals surface area (Å²) < 4.78 is 0. The highest BCUT2D eigenvalue weighted by atomic mass is 32.1. The first-order valence-electron chi connectivity index (χ1n) is 3.51. The van der Waals surface area contributed by atoms with Crippen molar-refractivity contribution in [1.82, 2.24) is 4.90 Å². The molecule has 0 atom stereocenters. The minimum atomic E-state index is 0.611. The van der Waals surface area contributed by atoms with Crippen molar-refractivity contribution < 1.29 is 0 Å². The zero-order valence-electron chi connectivity index (χ0n) is 6.05. The molecule has 1 rings (SSSR count). The molecule has 0 N–H and O–H groups in total. The second-order valence-corrected chi connectivity index (χ2v) is 3.26. The molecular formula is C7H13NS. The lowest BCUT2D eigenvalue weighted by molar-refractivity contribution is 0.383. The molecule has 0 aromatic carbocycles. The van der Waals surface area contributed by atoms with E-state index in [1.807, 2.05) is 0 Å². The molecule has 2 heteroatoms. The van der Waals surface area contributed by atoms with Crippen LogP contribution in [0.2, 0.25) is 0 Å². The normalized spacial score (nSPS) is 19.9. The smallest absolute Gasteiger partial charge is 0.0782 e. The van der Waals surface area contributed by atoms with Gasteiger partial charge in [-0.15, -0.1) is 0 Å². The second kappa shape index (κ2) is 2.65. The van der Waals surface area contributed by atoms with Gasteiger partial charge in [0.2, 0.25) is 0 Å². The molecule has 1 fully saturated rings. The molecule has 0 amide bonds. The van der Waals surface area contributed by atoms with Crippen LogP contribution < -0.4 is 0 Å². The van der Waals surface area contributed by atoms with Crippen molar-refractivity contribution in [3.63, 3.8) is 0 Å². The Morgan fingerprint density at radius 2 is 2.22 bits per heavy atom. The third-order valence-electron chi connectivity index (χ3n) is 1.73. The van der Waals surface area contributed by atoms with E-state index in [2.05, 4.69) is 18.7 Å². The van der Waals surface area contributed by atoms with Crippen LogP contribution in [0.5, 0.6) is 0 Å². The Balaban J connectivity index is 2.49. The summed E-state index contributed by atoms with van der Waals surface area (Å²) in [6.45, 7) is 5.56. The molecule has 0 bridgehead atoms. The fraction of sp³-hybridized carbons (Fsp3) is 0.857. The molecule has 9 heavy (non-hydrogen) atoms. The maximum absolute atomic E-state index is 5.14. The maximum atomic E-state index is 5.14. The molecule has 1 saturated heterocycles. The van der Waals surface area contributed by atoms with E-state index >= 15 is 0 Å². The summed E-state index contributed by atoms with van der Waals surface area (Å²) in [5.41, 5.74) is 0. The molecule has 1 heterocycles. The fourth-order valence-electron chi connectivity index (χ4n) is 1.22. The van der Waals surface area contributed by atoms with Crippen LogP contribution in [-0.2, 0) is 0 Å². The Morgan fingerprint density at radius 1 is 1.56 bits per heavy atom. The predicted octanol–water partition coefficient (Wildman–Crippen LogP) is 1.82. The minimum Gasteiger partial charge on any atom is -0.364 e. The summed E-state index contributed by atoms with van der Waals surface area (Å²) in [5.74, 6) is 0. The van der Waals surface area contributed by atoms with Gasteiger partial charge < -0.3 is 4.90 Å². The van der Waals surface area contributed by atoms with Crippen molar-refractivity contribution in [2.24, 2.45) is 0 Å². The second-order valence-electron chi connectivity index (χ2n) is 2.78. The van der Waals surface area contributed by atoms with Gasteiger partial charge in [-0.3, -0.25) is 0 Å². The summed E-state index contributed by atoms with van der Waals surface area (Å²) in [6, 6.07) is 0.611. The lowest BCUT2D eigenvalue weighted by Crippen LogP contribution is -2.30. The van der Waals surface area contributed by atoms with Crippen molar-refractivity contribution >= 4 is 17.2 Å². The molecule has 52 valence electrons. The Kier molecular flexibility index (Phi) is 2.06. The van der Waals surface area contributed by atoms with Gasteiger partial charge in [-0.1, -0.05) is 12.2 Å². The van der Waals surface area contributed by atoms with Crippen LogP contribution in [0.4, 0.5) is 0 Å². The molecule has 0 saturated carbocycles. The first kappa shape index (κ1) is 7.00. The van der Waals surface area contributed by atoms with Crippen LogP contribution in [0.15, 0.2) is 0 Å². The van der Waals surface area contributed by atoms with Gasteiger partial charge in [-0.05, 0) is 26.7 Å². The third kappa shape index (κ3) is 1.42. The molecule has 0 unspecified atom stereocenters. The molecule has 0 aliphatic carbocycles. The molecule has 0 spiro atoms. The number of hydrogen-bond donors (Lipinski definition) is 0. The van der Waals surface area contributed by atoms with Crippen LogP contribution in [0.25, 0.3) is 0 Å². The van der Waals surface area contributed by atoms with Crippen LogP contribution in [0.1, 0.15) is 26.7 Å². The van der Waals surface area contributed by atoms with E-state index in [9.17, 15) is 0 Å². The van der Waals surface area contributed by atoms with Crippen LogP contribution in [0.3, 0.4) is 0 Å². The summed E-state index contributed by atoms with van der Waals surface area (Å²) in [5, 5.41) is 0. The zero-order valence-corrected chi connectivity index (χ0v) is 6.87. The monoisotopic (exact) mass is 143 g/mol. The van der Waals surface area contributed by atoms with Crippen LogP contribution in [0, 0.1) is 0 Å². The fourth-order valence-corrected chi connectivity index (χ4v) is 1.66. The van der Waals surface area contributed by atoms with Crippen LogP contribution >= 0.6 is 12.2 Å². The van der Waals surface area contributed by atoms with Crippen molar-refractivity contribution in [1.29, 1.82) is 0 Å². The molecule has 0 aromatic heterocycles. The van der Waals surface area contributed by atoms with Gasteiger partial charge in [-0.25, -0.2) is 0 Å². The highest BCUT2D eigenvalue weighted by Crippen LogP contribution is 2.14. The van der Waals surface area contributed by atoms with Gasteiger partial charge in [0.25, 0.3) is 0 Å². The van der Waals surface area contributed by atoms with Crippen molar-refractivity contribution in [2.75, 3.05) is 6.54 Å². The van der Waals surface area contributed by atoms with E-state index in [0.717, 1.165) is 11.4 Å². The summed E-state index contributed by atoms with van der Waals surface area (Å²) in [4.78, 5) is 3.46. The quantitative estimate of drug-likeness (QED) is 0.515. The standard InChI is InChI=1S/C7H13NS/c1-6(2)8-5-3-4-7(8)9/h6H,3-5H2,1-2H3. The van der Waals surface area contributed by atoms with Crippen molar-refractivity contribution in [3.05, 3.63) is 0 Å². The highest BCUT2D eigenvalue weighted by molar-refractivity contribution is 7.80.